The van der Waals surface area contributed by atoms with Crippen LogP contribution >= 0.6 is 0 Å². The third kappa shape index (κ3) is 1.82. The number of aromatic nitrogens is 4. The molecule has 0 atom stereocenters. The molecule has 2 heterocycles. The standard InChI is InChI=1S/C9H13N5/c1-13-6-8(5-11-13)7-14-3-2-9(4-10)12-14/h2-3,5-6H,4,7,10H2,1H3. The number of hydrogen-bond acceptors (Lipinski definition) is 3. The van der Waals surface area contributed by atoms with Crippen molar-refractivity contribution in [3.05, 3.63) is 35.9 Å². The van der Waals surface area contributed by atoms with E-state index in [0.717, 1.165) is 17.8 Å². The highest BCUT2D eigenvalue weighted by Crippen LogP contribution is 2.01. The number of rotatable bonds is 3. The van der Waals surface area contributed by atoms with E-state index in [4.69, 9.17) is 5.73 Å². The molecule has 2 rings (SSSR count). The molecule has 0 saturated carbocycles. The van der Waals surface area contributed by atoms with Crippen LogP contribution in [0.25, 0.3) is 0 Å². The summed E-state index contributed by atoms with van der Waals surface area (Å²) in [6, 6.07) is 1.93. The van der Waals surface area contributed by atoms with Gasteiger partial charge in [0.1, 0.15) is 0 Å². The summed E-state index contributed by atoms with van der Waals surface area (Å²) in [5.41, 5.74) is 7.52. The normalized spacial score (nSPS) is 10.7. The maximum atomic E-state index is 5.47. The first kappa shape index (κ1) is 8.96. The van der Waals surface area contributed by atoms with Crippen LogP contribution in [0.4, 0.5) is 0 Å². The molecule has 0 bridgehead atoms. The van der Waals surface area contributed by atoms with Crippen molar-refractivity contribution in [3.8, 4) is 0 Å². The Hall–Kier alpha value is -1.62. The smallest absolute Gasteiger partial charge is 0.0760 e. The maximum Gasteiger partial charge on any atom is 0.0760 e. The van der Waals surface area contributed by atoms with Gasteiger partial charge >= 0.3 is 0 Å². The van der Waals surface area contributed by atoms with Crippen LogP contribution < -0.4 is 5.73 Å². The monoisotopic (exact) mass is 191 g/mol. The van der Waals surface area contributed by atoms with Gasteiger partial charge in [0.2, 0.25) is 0 Å². The van der Waals surface area contributed by atoms with Gasteiger partial charge in [0.15, 0.2) is 0 Å². The predicted molar refractivity (Wildman–Crippen MR) is 52.4 cm³/mol. The van der Waals surface area contributed by atoms with Crippen LogP contribution in [0.1, 0.15) is 11.3 Å². The fourth-order valence-corrected chi connectivity index (χ4v) is 1.34. The van der Waals surface area contributed by atoms with Crippen molar-refractivity contribution in [2.75, 3.05) is 0 Å². The van der Waals surface area contributed by atoms with Gasteiger partial charge in [0.25, 0.3) is 0 Å². The van der Waals surface area contributed by atoms with Crippen molar-refractivity contribution in [1.29, 1.82) is 0 Å². The SMILES string of the molecule is Cn1cc(Cn2ccc(CN)n2)cn1. The van der Waals surface area contributed by atoms with Crippen molar-refractivity contribution in [2.24, 2.45) is 12.8 Å². The molecule has 0 aromatic carbocycles. The first-order valence-electron chi connectivity index (χ1n) is 4.48. The fourth-order valence-electron chi connectivity index (χ4n) is 1.34. The van der Waals surface area contributed by atoms with Gasteiger partial charge in [0.05, 0.1) is 18.4 Å². The van der Waals surface area contributed by atoms with E-state index in [2.05, 4.69) is 10.2 Å². The topological polar surface area (TPSA) is 61.7 Å². The molecule has 5 nitrogen and oxygen atoms in total. The second-order valence-corrected chi connectivity index (χ2v) is 3.23. The minimum Gasteiger partial charge on any atom is -0.325 e. The lowest BCUT2D eigenvalue weighted by Crippen LogP contribution is -2.02. The summed E-state index contributed by atoms with van der Waals surface area (Å²) < 4.78 is 3.64. The quantitative estimate of drug-likeness (QED) is 0.749. The van der Waals surface area contributed by atoms with Crippen LogP contribution in [0.15, 0.2) is 24.7 Å². The Morgan fingerprint density at radius 3 is 2.93 bits per heavy atom. The van der Waals surface area contributed by atoms with Crippen LogP contribution in [0.2, 0.25) is 0 Å². The Balaban J connectivity index is 2.10. The predicted octanol–water partition coefficient (Wildman–Crippen LogP) is 0.124. The van der Waals surface area contributed by atoms with Gasteiger partial charge in [-0.2, -0.15) is 10.2 Å². The van der Waals surface area contributed by atoms with E-state index in [9.17, 15) is 0 Å². The number of aryl methyl sites for hydroxylation is 1. The van der Waals surface area contributed by atoms with E-state index >= 15 is 0 Å². The molecule has 2 N–H and O–H groups in total. The molecule has 0 unspecified atom stereocenters. The number of nitrogens with zero attached hydrogens (tertiary/aromatic N) is 4. The number of nitrogens with two attached hydrogens (primary N) is 1. The lowest BCUT2D eigenvalue weighted by Gasteiger charge is -1.96. The molecule has 0 aliphatic heterocycles. The zero-order valence-electron chi connectivity index (χ0n) is 8.09. The molecule has 74 valence electrons. The van der Waals surface area contributed by atoms with Crippen LogP contribution in [0.3, 0.4) is 0 Å². The Morgan fingerprint density at radius 2 is 2.36 bits per heavy atom. The van der Waals surface area contributed by atoms with Crippen molar-refractivity contribution < 1.29 is 0 Å². The van der Waals surface area contributed by atoms with E-state index in [1.165, 1.54) is 0 Å². The number of hydrogen-bond donors (Lipinski definition) is 1. The first-order valence-corrected chi connectivity index (χ1v) is 4.48. The molecular formula is C9H13N5. The van der Waals surface area contributed by atoms with Gasteiger partial charge in [-0.3, -0.25) is 9.36 Å². The van der Waals surface area contributed by atoms with Gasteiger partial charge in [-0.15, -0.1) is 0 Å². The van der Waals surface area contributed by atoms with Crippen molar-refractivity contribution >= 4 is 0 Å². The van der Waals surface area contributed by atoms with Gasteiger partial charge in [-0.25, -0.2) is 0 Å². The van der Waals surface area contributed by atoms with E-state index in [1.807, 2.05) is 36.4 Å². The zero-order chi connectivity index (χ0) is 9.97. The summed E-state index contributed by atoms with van der Waals surface area (Å²) in [6.07, 6.45) is 5.74. The van der Waals surface area contributed by atoms with Crippen molar-refractivity contribution in [1.82, 2.24) is 19.6 Å². The second-order valence-electron chi connectivity index (χ2n) is 3.23. The van der Waals surface area contributed by atoms with E-state index in [-0.39, 0.29) is 0 Å². The van der Waals surface area contributed by atoms with Crippen LogP contribution in [0.5, 0.6) is 0 Å². The second kappa shape index (κ2) is 3.63. The highest BCUT2D eigenvalue weighted by molar-refractivity contribution is 5.06. The lowest BCUT2D eigenvalue weighted by atomic mass is 10.4. The molecule has 0 spiro atoms. The summed E-state index contributed by atoms with van der Waals surface area (Å²) in [7, 11) is 1.90. The Morgan fingerprint density at radius 1 is 1.50 bits per heavy atom. The summed E-state index contributed by atoms with van der Waals surface area (Å²) in [5.74, 6) is 0. The average molecular weight is 191 g/mol. The largest absolute Gasteiger partial charge is 0.325 e. The van der Waals surface area contributed by atoms with Crippen LogP contribution in [-0.2, 0) is 20.1 Å². The van der Waals surface area contributed by atoms with Crippen molar-refractivity contribution in [3.63, 3.8) is 0 Å². The molecule has 2 aromatic heterocycles. The molecule has 0 radical (unpaired) electrons. The summed E-state index contributed by atoms with van der Waals surface area (Å²) >= 11 is 0. The maximum absolute atomic E-state index is 5.47. The van der Waals surface area contributed by atoms with Gasteiger partial charge in [-0.05, 0) is 6.07 Å². The van der Waals surface area contributed by atoms with Crippen molar-refractivity contribution in [2.45, 2.75) is 13.1 Å². The Labute approximate surface area is 82.1 Å². The molecule has 0 saturated heterocycles. The molecular weight excluding hydrogens is 178 g/mol. The van der Waals surface area contributed by atoms with E-state index in [1.54, 1.807) is 4.68 Å². The highest BCUT2D eigenvalue weighted by atomic mass is 15.3. The van der Waals surface area contributed by atoms with Gasteiger partial charge in [0, 0.05) is 31.5 Å². The summed E-state index contributed by atoms with van der Waals surface area (Å²) in [6.45, 7) is 1.23. The first-order chi connectivity index (χ1) is 6.78. The zero-order valence-corrected chi connectivity index (χ0v) is 8.09. The minimum absolute atomic E-state index is 0.486. The third-order valence-corrected chi connectivity index (χ3v) is 2.01. The Kier molecular flexibility index (Phi) is 2.32. The van der Waals surface area contributed by atoms with Crippen LogP contribution in [-0.4, -0.2) is 19.6 Å². The molecule has 0 aliphatic rings. The highest BCUT2D eigenvalue weighted by Gasteiger charge is 1.99. The van der Waals surface area contributed by atoms with E-state index < -0.39 is 0 Å². The minimum atomic E-state index is 0.486. The van der Waals surface area contributed by atoms with E-state index in [0.29, 0.717) is 6.54 Å². The molecule has 14 heavy (non-hydrogen) atoms. The van der Waals surface area contributed by atoms with Crippen LogP contribution in [0, 0.1) is 0 Å². The molecule has 2 aromatic rings. The fraction of sp³-hybridized carbons (Fsp3) is 0.333. The molecule has 5 heteroatoms. The Bertz CT molecular complexity index is 414. The summed E-state index contributed by atoms with van der Waals surface area (Å²) in [5, 5.41) is 8.38. The summed E-state index contributed by atoms with van der Waals surface area (Å²) in [4.78, 5) is 0. The van der Waals surface area contributed by atoms with Gasteiger partial charge in [-0.1, -0.05) is 0 Å². The molecule has 0 fully saturated rings. The lowest BCUT2D eigenvalue weighted by molar-refractivity contribution is 0.670. The molecule has 0 amide bonds. The molecule has 0 aliphatic carbocycles. The average Bonchev–Trinajstić information content (AvgIpc) is 2.76. The third-order valence-electron chi connectivity index (χ3n) is 2.01. The van der Waals surface area contributed by atoms with Gasteiger partial charge < -0.3 is 5.73 Å².